The molecule has 4 nitrogen and oxygen atoms in total. The van der Waals surface area contributed by atoms with E-state index in [4.69, 9.17) is 5.26 Å². The molecule has 0 spiro atoms. The Morgan fingerprint density at radius 1 is 1.85 bits per heavy atom. The highest BCUT2D eigenvalue weighted by atomic mass is 32.1. The number of hydrogen-bond acceptors (Lipinski definition) is 4. The van der Waals surface area contributed by atoms with E-state index in [1.807, 2.05) is 13.0 Å². The summed E-state index contributed by atoms with van der Waals surface area (Å²) in [4.78, 5) is 16.2. The molecule has 1 heterocycles. The van der Waals surface area contributed by atoms with Crippen LogP contribution in [0.1, 0.15) is 21.6 Å². The number of hydrogen-bond donors (Lipinski definition) is 1. The van der Waals surface area contributed by atoms with E-state index < -0.39 is 0 Å². The summed E-state index contributed by atoms with van der Waals surface area (Å²) in [5.41, 5.74) is 0. The van der Waals surface area contributed by atoms with Crippen LogP contribution in [-0.2, 0) is 6.42 Å². The summed E-state index contributed by atoms with van der Waals surface area (Å²) >= 11 is 1.36. The summed E-state index contributed by atoms with van der Waals surface area (Å²) < 4.78 is 0. The van der Waals surface area contributed by atoms with Crippen molar-refractivity contribution >= 4 is 17.2 Å². The maximum absolute atomic E-state index is 11.2. The van der Waals surface area contributed by atoms with E-state index in [0.717, 1.165) is 11.3 Å². The Bertz CT molecular complexity index is 339. The molecule has 0 aliphatic rings. The van der Waals surface area contributed by atoms with Crippen molar-refractivity contribution < 1.29 is 4.79 Å². The van der Waals surface area contributed by atoms with E-state index in [1.54, 1.807) is 6.20 Å². The van der Waals surface area contributed by atoms with Crippen LogP contribution in [0.15, 0.2) is 6.20 Å². The Balaban J connectivity index is 2.62. The van der Waals surface area contributed by atoms with Crippen LogP contribution in [0.4, 0.5) is 0 Å². The fraction of sp³-hybridized carbons (Fsp3) is 0.375. The number of rotatable bonds is 3. The van der Waals surface area contributed by atoms with Gasteiger partial charge in [-0.15, -0.1) is 11.3 Å². The summed E-state index contributed by atoms with van der Waals surface area (Å²) in [5, 5.41) is 11.1. The molecule has 1 aromatic heterocycles. The molecule has 68 valence electrons. The lowest BCUT2D eigenvalue weighted by Gasteiger charge is -1.93. The van der Waals surface area contributed by atoms with Crippen molar-refractivity contribution in [3.8, 4) is 6.07 Å². The highest BCUT2D eigenvalue weighted by Gasteiger charge is 2.08. The van der Waals surface area contributed by atoms with Gasteiger partial charge in [-0.1, -0.05) is 6.92 Å². The number of carbonyl (C=O) groups is 1. The first kappa shape index (κ1) is 9.68. The smallest absolute Gasteiger partial charge is 0.281 e. The number of aromatic nitrogens is 1. The molecule has 0 aromatic carbocycles. The van der Waals surface area contributed by atoms with Gasteiger partial charge >= 0.3 is 0 Å². The highest BCUT2D eigenvalue weighted by Crippen LogP contribution is 2.12. The molecule has 1 aromatic rings. The summed E-state index contributed by atoms with van der Waals surface area (Å²) in [6.07, 6.45) is 2.56. The summed E-state index contributed by atoms with van der Waals surface area (Å²) in [6, 6.07) is 1.83. The van der Waals surface area contributed by atoms with Gasteiger partial charge in [-0.3, -0.25) is 4.79 Å². The Morgan fingerprint density at radius 3 is 3.15 bits per heavy atom. The quantitative estimate of drug-likeness (QED) is 0.730. The van der Waals surface area contributed by atoms with Crippen LogP contribution in [0.5, 0.6) is 0 Å². The molecule has 0 bridgehead atoms. The molecule has 13 heavy (non-hydrogen) atoms. The van der Waals surface area contributed by atoms with Crippen molar-refractivity contribution in [1.82, 2.24) is 10.3 Å². The molecule has 1 rings (SSSR count). The van der Waals surface area contributed by atoms with Crippen LogP contribution in [0, 0.1) is 11.3 Å². The molecule has 0 saturated heterocycles. The van der Waals surface area contributed by atoms with E-state index in [-0.39, 0.29) is 12.5 Å². The maximum atomic E-state index is 11.2. The second kappa shape index (κ2) is 4.58. The average molecular weight is 195 g/mol. The van der Waals surface area contributed by atoms with Gasteiger partial charge in [-0.05, 0) is 6.42 Å². The standard InChI is InChI=1S/C8H9N3OS/c1-2-6-5-11-8(13-6)7(12)10-4-3-9/h5H,2,4H2,1H3,(H,10,12). The van der Waals surface area contributed by atoms with Crippen LogP contribution in [0.2, 0.25) is 0 Å². The minimum Gasteiger partial charge on any atom is -0.337 e. The second-order valence-corrected chi connectivity index (χ2v) is 3.44. The number of nitrogens with zero attached hydrogens (tertiary/aromatic N) is 2. The molecular weight excluding hydrogens is 186 g/mol. The van der Waals surface area contributed by atoms with Crippen LogP contribution < -0.4 is 5.32 Å². The third kappa shape index (κ3) is 2.53. The first-order valence-corrected chi connectivity index (χ1v) is 4.69. The van der Waals surface area contributed by atoms with E-state index in [2.05, 4.69) is 10.3 Å². The predicted octanol–water partition coefficient (Wildman–Crippen LogP) is 0.959. The number of thiazole rings is 1. The topological polar surface area (TPSA) is 65.8 Å². The van der Waals surface area contributed by atoms with Crippen LogP contribution in [0.25, 0.3) is 0 Å². The van der Waals surface area contributed by atoms with Gasteiger partial charge in [0.05, 0.1) is 6.07 Å². The third-order valence-corrected chi connectivity index (χ3v) is 2.56. The van der Waals surface area contributed by atoms with Gasteiger partial charge in [0.25, 0.3) is 5.91 Å². The molecular formula is C8H9N3OS. The highest BCUT2D eigenvalue weighted by molar-refractivity contribution is 7.13. The van der Waals surface area contributed by atoms with Crippen molar-refractivity contribution in [2.75, 3.05) is 6.54 Å². The number of aryl methyl sites for hydroxylation is 1. The zero-order valence-electron chi connectivity index (χ0n) is 7.20. The second-order valence-electron chi connectivity index (χ2n) is 2.33. The lowest BCUT2D eigenvalue weighted by molar-refractivity contribution is 0.0958. The van der Waals surface area contributed by atoms with Gasteiger partial charge in [0.2, 0.25) is 0 Å². The molecule has 0 unspecified atom stereocenters. The zero-order chi connectivity index (χ0) is 9.68. The largest absolute Gasteiger partial charge is 0.337 e. The van der Waals surface area contributed by atoms with Gasteiger partial charge < -0.3 is 5.32 Å². The van der Waals surface area contributed by atoms with E-state index in [0.29, 0.717) is 5.01 Å². The van der Waals surface area contributed by atoms with Crippen molar-refractivity contribution in [3.63, 3.8) is 0 Å². The molecule has 0 radical (unpaired) electrons. The molecule has 0 saturated carbocycles. The number of nitriles is 1. The molecule has 0 aliphatic carbocycles. The molecule has 1 amide bonds. The lowest BCUT2D eigenvalue weighted by atomic mass is 10.4. The monoisotopic (exact) mass is 195 g/mol. The maximum Gasteiger partial charge on any atom is 0.281 e. The average Bonchev–Trinajstić information content (AvgIpc) is 2.62. The summed E-state index contributed by atoms with van der Waals surface area (Å²) in [6.45, 7) is 2.03. The van der Waals surface area contributed by atoms with Gasteiger partial charge in [-0.2, -0.15) is 5.26 Å². The summed E-state index contributed by atoms with van der Waals surface area (Å²) in [5.74, 6) is -0.272. The SMILES string of the molecule is CCc1cnc(C(=O)NCC#N)s1. The van der Waals surface area contributed by atoms with E-state index in [1.165, 1.54) is 11.3 Å². The molecule has 1 N–H and O–H groups in total. The van der Waals surface area contributed by atoms with Crippen LogP contribution in [-0.4, -0.2) is 17.4 Å². The molecule has 0 aliphatic heterocycles. The van der Waals surface area contributed by atoms with Gasteiger partial charge in [0.15, 0.2) is 5.01 Å². The van der Waals surface area contributed by atoms with Gasteiger partial charge in [0, 0.05) is 11.1 Å². The van der Waals surface area contributed by atoms with Gasteiger partial charge in [-0.25, -0.2) is 4.98 Å². The number of nitrogens with one attached hydrogen (secondary N) is 1. The van der Waals surface area contributed by atoms with Crippen LogP contribution in [0.3, 0.4) is 0 Å². The fourth-order valence-corrected chi connectivity index (χ4v) is 1.54. The number of amides is 1. The Labute approximate surface area is 80.2 Å². The first-order valence-electron chi connectivity index (χ1n) is 3.87. The molecule has 5 heteroatoms. The minimum absolute atomic E-state index is 0.0277. The zero-order valence-corrected chi connectivity index (χ0v) is 8.02. The minimum atomic E-state index is -0.272. The fourth-order valence-electron chi connectivity index (χ4n) is 0.771. The lowest BCUT2D eigenvalue weighted by Crippen LogP contribution is -2.23. The Hall–Kier alpha value is -1.41. The Kier molecular flexibility index (Phi) is 3.41. The van der Waals surface area contributed by atoms with E-state index in [9.17, 15) is 4.79 Å². The molecule has 0 atom stereocenters. The van der Waals surface area contributed by atoms with Crippen molar-refractivity contribution in [3.05, 3.63) is 16.1 Å². The van der Waals surface area contributed by atoms with Crippen molar-refractivity contribution in [2.24, 2.45) is 0 Å². The van der Waals surface area contributed by atoms with Crippen molar-refractivity contribution in [1.29, 1.82) is 5.26 Å². The third-order valence-electron chi connectivity index (χ3n) is 1.42. The number of carbonyl (C=O) groups excluding carboxylic acids is 1. The Morgan fingerprint density at radius 2 is 2.62 bits per heavy atom. The van der Waals surface area contributed by atoms with Crippen molar-refractivity contribution in [2.45, 2.75) is 13.3 Å². The van der Waals surface area contributed by atoms with E-state index >= 15 is 0 Å². The molecule has 0 fully saturated rings. The predicted molar refractivity (Wildman–Crippen MR) is 49.4 cm³/mol. The normalized spacial score (nSPS) is 9.23. The van der Waals surface area contributed by atoms with Gasteiger partial charge in [0.1, 0.15) is 6.54 Å². The van der Waals surface area contributed by atoms with Crippen LogP contribution >= 0.6 is 11.3 Å². The first-order chi connectivity index (χ1) is 6.27. The summed E-state index contributed by atoms with van der Waals surface area (Å²) in [7, 11) is 0.